The van der Waals surface area contributed by atoms with E-state index in [4.69, 9.17) is 16.6 Å². The van der Waals surface area contributed by atoms with Gasteiger partial charge in [0.2, 0.25) is 0 Å². The molecule has 120 valence electrons. The first-order chi connectivity index (χ1) is 10.5. The number of hydrogen-bond acceptors (Lipinski definition) is 2. The fraction of sp³-hybridized carbons (Fsp3) is 0.500. The molecule has 1 aromatic carbocycles. The molecule has 2 rings (SSSR count). The second-order valence-electron chi connectivity index (χ2n) is 6.24. The Morgan fingerprint density at radius 2 is 1.95 bits per heavy atom. The van der Waals surface area contributed by atoms with Crippen LogP contribution in [0.5, 0.6) is 0 Å². The number of aryl methyl sites for hydroxylation is 1. The van der Waals surface area contributed by atoms with Crippen molar-refractivity contribution in [1.82, 2.24) is 14.9 Å². The molecule has 0 aliphatic heterocycles. The molecule has 0 bridgehead atoms. The van der Waals surface area contributed by atoms with E-state index in [0.29, 0.717) is 0 Å². The Labute approximate surface area is 138 Å². The zero-order valence-electron chi connectivity index (χ0n) is 14.0. The number of nitrogens with one attached hydrogen (secondary N) is 1. The van der Waals surface area contributed by atoms with Gasteiger partial charge in [-0.25, -0.2) is 4.98 Å². The second kappa shape index (κ2) is 7.80. The minimum Gasteiger partial charge on any atom is -0.327 e. The average molecular weight is 320 g/mol. The highest BCUT2D eigenvalue weighted by Gasteiger charge is 2.12. The minimum atomic E-state index is 0.721. The third-order valence-electron chi connectivity index (χ3n) is 4.00. The molecule has 0 radical (unpaired) electrons. The number of hydrogen-bond donors (Lipinski definition) is 1. The van der Waals surface area contributed by atoms with E-state index in [2.05, 4.69) is 43.6 Å². The number of aromatic nitrogens is 2. The van der Waals surface area contributed by atoms with Crippen LogP contribution in [0.4, 0.5) is 0 Å². The smallest absolute Gasteiger partial charge is 0.123 e. The second-order valence-corrected chi connectivity index (χ2v) is 6.64. The van der Waals surface area contributed by atoms with Gasteiger partial charge in [-0.2, -0.15) is 0 Å². The SMILES string of the molecule is Cc1nc(CNCCC(C)C)n(Cc2ccccc2Cl)c1C. The van der Waals surface area contributed by atoms with Crippen LogP contribution in [0.25, 0.3) is 0 Å². The number of imidazole rings is 1. The van der Waals surface area contributed by atoms with E-state index in [0.717, 1.165) is 47.7 Å². The van der Waals surface area contributed by atoms with Crippen LogP contribution in [0.1, 0.15) is 43.0 Å². The Balaban J connectivity index is 2.11. The van der Waals surface area contributed by atoms with Gasteiger partial charge in [0.05, 0.1) is 18.8 Å². The molecule has 0 spiro atoms. The number of benzene rings is 1. The van der Waals surface area contributed by atoms with E-state index in [-0.39, 0.29) is 0 Å². The van der Waals surface area contributed by atoms with Gasteiger partial charge in [0, 0.05) is 10.7 Å². The van der Waals surface area contributed by atoms with Crippen molar-refractivity contribution in [3.8, 4) is 0 Å². The van der Waals surface area contributed by atoms with E-state index in [1.807, 2.05) is 18.2 Å². The highest BCUT2D eigenvalue weighted by Crippen LogP contribution is 2.19. The summed E-state index contributed by atoms with van der Waals surface area (Å²) in [5.74, 6) is 1.80. The van der Waals surface area contributed by atoms with E-state index >= 15 is 0 Å². The molecule has 0 unspecified atom stereocenters. The maximum atomic E-state index is 6.30. The van der Waals surface area contributed by atoms with E-state index < -0.39 is 0 Å². The van der Waals surface area contributed by atoms with Crippen molar-refractivity contribution in [2.75, 3.05) is 6.54 Å². The molecule has 2 aromatic rings. The number of nitrogens with zero attached hydrogens (tertiary/aromatic N) is 2. The van der Waals surface area contributed by atoms with Gasteiger partial charge in [-0.3, -0.25) is 0 Å². The highest BCUT2D eigenvalue weighted by molar-refractivity contribution is 6.31. The zero-order chi connectivity index (χ0) is 16.1. The predicted molar refractivity (Wildman–Crippen MR) is 93.4 cm³/mol. The summed E-state index contributed by atoms with van der Waals surface area (Å²) in [5, 5.41) is 4.31. The molecule has 4 heteroatoms. The van der Waals surface area contributed by atoms with E-state index in [1.54, 1.807) is 0 Å². The van der Waals surface area contributed by atoms with Gasteiger partial charge in [-0.05, 0) is 44.4 Å². The van der Waals surface area contributed by atoms with Crippen molar-refractivity contribution in [1.29, 1.82) is 0 Å². The lowest BCUT2D eigenvalue weighted by molar-refractivity contribution is 0.524. The summed E-state index contributed by atoms with van der Waals surface area (Å²) in [5.41, 5.74) is 3.43. The Kier molecular flexibility index (Phi) is 6.04. The van der Waals surface area contributed by atoms with E-state index in [9.17, 15) is 0 Å². The van der Waals surface area contributed by atoms with Gasteiger partial charge in [-0.15, -0.1) is 0 Å². The van der Waals surface area contributed by atoms with E-state index in [1.165, 1.54) is 12.1 Å². The van der Waals surface area contributed by atoms with Crippen LogP contribution in [0.15, 0.2) is 24.3 Å². The summed E-state index contributed by atoms with van der Waals surface area (Å²) in [6, 6.07) is 8.01. The maximum Gasteiger partial charge on any atom is 0.123 e. The fourth-order valence-electron chi connectivity index (χ4n) is 2.46. The molecule has 1 heterocycles. The summed E-state index contributed by atoms with van der Waals surface area (Å²) in [7, 11) is 0. The Bertz CT molecular complexity index is 617. The third kappa shape index (κ3) is 4.34. The first kappa shape index (κ1) is 17.0. The van der Waals surface area contributed by atoms with Crippen LogP contribution >= 0.6 is 11.6 Å². The zero-order valence-corrected chi connectivity index (χ0v) is 14.7. The van der Waals surface area contributed by atoms with Gasteiger partial charge in [-0.1, -0.05) is 43.6 Å². The molecular weight excluding hydrogens is 294 g/mol. The summed E-state index contributed by atoms with van der Waals surface area (Å²) in [6.45, 7) is 11.3. The van der Waals surface area contributed by atoms with Crippen molar-refractivity contribution < 1.29 is 0 Å². The van der Waals surface area contributed by atoms with Gasteiger partial charge >= 0.3 is 0 Å². The Morgan fingerprint density at radius 3 is 2.64 bits per heavy atom. The van der Waals surface area contributed by atoms with Gasteiger partial charge in [0.25, 0.3) is 0 Å². The quantitative estimate of drug-likeness (QED) is 0.769. The van der Waals surface area contributed by atoms with Crippen molar-refractivity contribution in [3.05, 3.63) is 52.1 Å². The molecule has 0 aliphatic rings. The Hall–Kier alpha value is -1.32. The maximum absolute atomic E-state index is 6.30. The van der Waals surface area contributed by atoms with Crippen LogP contribution in [0.2, 0.25) is 5.02 Å². The Morgan fingerprint density at radius 1 is 1.23 bits per heavy atom. The van der Waals surface area contributed by atoms with Crippen molar-refractivity contribution >= 4 is 11.6 Å². The standard InChI is InChI=1S/C18H26ClN3/c1-13(2)9-10-20-11-18-21-14(3)15(4)22(18)12-16-7-5-6-8-17(16)19/h5-8,13,20H,9-12H2,1-4H3. The lowest BCUT2D eigenvalue weighted by Gasteiger charge is -2.12. The summed E-state index contributed by atoms with van der Waals surface area (Å²) in [4.78, 5) is 4.71. The van der Waals surface area contributed by atoms with Crippen molar-refractivity contribution in [3.63, 3.8) is 0 Å². The molecule has 0 aliphatic carbocycles. The van der Waals surface area contributed by atoms with Gasteiger partial charge in [0.15, 0.2) is 0 Å². The molecule has 3 nitrogen and oxygen atoms in total. The van der Waals surface area contributed by atoms with Crippen molar-refractivity contribution in [2.45, 2.75) is 47.2 Å². The van der Waals surface area contributed by atoms with Crippen LogP contribution in [0.3, 0.4) is 0 Å². The molecular formula is C18H26ClN3. The molecule has 1 N–H and O–H groups in total. The highest BCUT2D eigenvalue weighted by atomic mass is 35.5. The van der Waals surface area contributed by atoms with Crippen LogP contribution < -0.4 is 5.32 Å². The summed E-state index contributed by atoms with van der Waals surface area (Å²) in [6.07, 6.45) is 1.18. The van der Waals surface area contributed by atoms with Crippen LogP contribution in [0, 0.1) is 19.8 Å². The van der Waals surface area contributed by atoms with Gasteiger partial charge in [0.1, 0.15) is 5.82 Å². The first-order valence-corrected chi connectivity index (χ1v) is 8.33. The van der Waals surface area contributed by atoms with Crippen LogP contribution in [-0.2, 0) is 13.1 Å². The molecule has 22 heavy (non-hydrogen) atoms. The van der Waals surface area contributed by atoms with Gasteiger partial charge < -0.3 is 9.88 Å². The average Bonchev–Trinajstić information content (AvgIpc) is 2.73. The molecule has 1 aromatic heterocycles. The molecule has 0 saturated carbocycles. The normalized spacial score (nSPS) is 11.4. The minimum absolute atomic E-state index is 0.721. The fourth-order valence-corrected chi connectivity index (χ4v) is 2.65. The van der Waals surface area contributed by atoms with Crippen molar-refractivity contribution in [2.24, 2.45) is 5.92 Å². The third-order valence-corrected chi connectivity index (χ3v) is 4.37. The predicted octanol–water partition coefficient (Wildman–Crippen LogP) is 4.34. The number of rotatable bonds is 7. The topological polar surface area (TPSA) is 29.9 Å². The summed E-state index contributed by atoms with van der Waals surface area (Å²) >= 11 is 6.30. The lowest BCUT2D eigenvalue weighted by Crippen LogP contribution is -2.20. The first-order valence-electron chi connectivity index (χ1n) is 7.95. The monoisotopic (exact) mass is 319 g/mol. The largest absolute Gasteiger partial charge is 0.327 e. The number of halogens is 1. The lowest BCUT2D eigenvalue weighted by atomic mass is 10.1. The molecule has 0 fully saturated rings. The van der Waals surface area contributed by atoms with Crippen LogP contribution in [-0.4, -0.2) is 16.1 Å². The molecule has 0 atom stereocenters. The molecule has 0 saturated heterocycles. The molecule has 0 amide bonds. The summed E-state index contributed by atoms with van der Waals surface area (Å²) < 4.78 is 2.26.